The van der Waals surface area contributed by atoms with Crippen molar-refractivity contribution >= 4 is 11.7 Å². The summed E-state index contributed by atoms with van der Waals surface area (Å²) < 4.78 is 0. The molecule has 1 aliphatic carbocycles. The maximum absolute atomic E-state index is 12.3. The molecule has 110 valence electrons. The van der Waals surface area contributed by atoms with Crippen LogP contribution in [-0.2, 0) is 0 Å². The first-order valence-electron chi connectivity index (χ1n) is 7.09. The third-order valence-electron chi connectivity index (χ3n) is 4.28. The molecule has 0 spiro atoms. The van der Waals surface area contributed by atoms with E-state index in [1.807, 2.05) is 13.0 Å². The number of likely N-dealkylation sites (N-methyl/N-ethyl adjacent to an activating group) is 1. The Balaban J connectivity index is 2.03. The molecule has 5 heteroatoms. The monoisotopic (exact) mass is 276 g/mol. The summed E-state index contributed by atoms with van der Waals surface area (Å²) in [5.41, 5.74) is 1.65. The summed E-state index contributed by atoms with van der Waals surface area (Å²) in [6, 6.07) is 3.60. The molecular weight excluding hydrogens is 252 g/mol. The molecule has 1 aromatic heterocycles. The smallest absolute Gasteiger partial charge is 0.251 e. The summed E-state index contributed by atoms with van der Waals surface area (Å²) in [4.78, 5) is 18.8. The lowest BCUT2D eigenvalue weighted by Gasteiger charge is -2.47. The molecule has 20 heavy (non-hydrogen) atoms. The lowest BCUT2D eigenvalue weighted by Crippen LogP contribution is -2.57. The van der Waals surface area contributed by atoms with Crippen LogP contribution in [0.25, 0.3) is 0 Å². The molecule has 1 aromatic rings. The minimum absolute atomic E-state index is 0.0277. The number of hydrogen-bond donors (Lipinski definition) is 2. The van der Waals surface area contributed by atoms with E-state index in [1.54, 1.807) is 13.1 Å². The van der Waals surface area contributed by atoms with Gasteiger partial charge in [-0.05, 0) is 52.4 Å². The van der Waals surface area contributed by atoms with Gasteiger partial charge in [0, 0.05) is 30.4 Å². The van der Waals surface area contributed by atoms with Gasteiger partial charge >= 0.3 is 0 Å². The number of pyridine rings is 1. The number of hydrogen-bond acceptors (Lipinski definition) is 4. The molecule has 1 fully saturated rings. The van der Waals surface area contributed by atoms with Gasteiger partial charge < -0.3 is 15.5 Å². The zero-order valence-electron chi connectivity index (χ0n) is 12.8. The van der Waals surface area contributed by atoms with E-state index in [9.17, 15) is 4.79 Å². The number of carbonyl (C=O) groups is 1. The van der Waals surface area contributed by atoms with Crippen LogP contribution in [0.5, 0.6) is 0 Å². The molecule has 2 rings (SSSR count). The molecule has 0 atom stereocenters. The molecule has 1 heterocycles. The summed E-state index contributed by atoms with van der Waals surface area (Å²) in [5.74, 6) is 0.696. The van der Waals surface area contributed by atoms with E-state index in [4.69, 9.17) is 0 Å². The maximum Gasteiger partial charge on any atom is 0.251 e. The SMILES string of the molecule is CNc1cc(C(=O)NCC2(N(C)C)CCC2)cc(C)n1. The van der Waals surface area contributed by atoms with Crippen LogP contribution < -0.4 is 10.6 Å². The first-order valence-corrected chi connectivity index (χ1v) is 7.09. The van der Waals surface area contributed by atoms with Gasteiger partial charge in [0.15, 0.2) is 0 Å². The largest absolute Gasteiger partial charge is 0.373 e. The van der Waals surface area contributed by atoms with E-state index in [0.717, 1.165) is 24.4 Å². The van der Waals surface area contributed by atoms with E-state index in [-0.39, 0.29) is 11.4 Å². The highest BCUT2D eigenvalue weighted by Crippen LogP contribution is 2.35. The Hall–Kier alpha value is -1.62. The first-order chi connectivity index (χ1) is 9.47. The molecule has 5 nitrogen and oxygen atoms in total. The number of aromatic nitrogens is 1. The molecule has 0 unspecified atom stereocenters. The maximum atomic E-state index is 12.3. The van der Waals surface area contributed by atoms with E-state index in [2.05, 4.69) is 34.6 Å². The molecule has 2 N–H and O–H groups in total. The average Bonchev–Trinajstić information content (AvgIpc) is 2.35. The third-order valence-corrected chi connectivity index (χ3v) is 4.28. The van der Waals surface area contributed by atoms with Crippen molar-refractivity contribution in [1.29, 1.82) is 0 Å². The normalized spacial score (nSPS) is 16.6. The van der Waals surface area contributed by atoms with Gasteiger partial charge in [-0.1, -0.05) is 0 Å². The Labute approximate surface area is 120 Å². The summed E-state index contributed by atoms with van der Waals surface area (Å²) in [6.45, 7) is 2.60. The second-order valence-corrected chi connectivity index (χ2v) is 5.79. The van der Waals surface area contributed by atoms with Crippen LogP contribution >= 0.6 is 0 Å². The Bertz CT molecular complexity index is 495. The van der Waals surface area contributed by atoms with E-state index in [1.165, 1.54) is 6.42 Å². The molecule has 0 aliphatic heterocycles. The number of rotatable bonds is 5. The molecule has 0 saturated heterocycles. The van der Waals surface area contributed by atoms with Gasteiger partial charge in [-0.3, -0.25) is 4.79 Å². The molecular formula is C15H24N4O. The molecule has 0 radical (unpaired) electrons. The van der Waals surface area contributed by atoms with Gasteiger partial charge in [-0.25, -0.2) is 4.98 Å². The molecule has 0 aromatic carbocycles. The Kier molecular flexibility index (Phi) is 4.28. The quantitative estimate of drug-likeness (QED) is 0.858. The highest BCUT2D eigenvalue weighted by molar-refractivity contribution is 5.95. The van der Waals surface area contributed by atoms with Crippen molar-refractivity contribution < 1.29 is 4.79 Å². The third kappa shape index (κ3) is 2.93. The fourth-order valence-corrected chi connectivity index (χ4v) is 2.64. The van der Waals surface area contributed by atoms with Crippen LogP contribution in [-0.4, -0.2) is 49.0 Å². The van der Waals surface area contributed by atoms with Crippen LogP contribution in [0.3, 0.4) is 0 Å². The van der Waals surface area contributed by atoms with E-state index < -0.39 is 0 Å². The first kappa shape index (κ1) is 14.8. The summed E-state index contributed by atoms with van der Waals surface area (Å²) in [6.07, 6.45) is 3.54. The van der Waals surface area contributed by atoms with Crippen molar-refractivity contribution in [3.63, 3.8) is 0 Å². The molecule has 0 bridgehead atoms. The van der Waals surface area contributed by atoms with Crippen LogP contribution in [0, 0.1) is 6.92 Å². The predicted octanol–water partition coefficient (Wildman–Crippen LogP) is 1.65. The highest BCUT2D eigenvalue weighted by Gasteiger charge is 2.39. The zero-order chi connectivity index (χ0) is 14.8. The highest BCUT2D eigenvalue weighted by atomic mass is 16.1. The van der Waals surface area contributed by atoms with E-state index in [0.29, 0.717) is 12.1 Å². The predicted molar refractivity (Wildman–Crippen MR) is 81.1 cm³/mol. The Morgan fingerprint density at radius 1 is 1.40 bits per heavy atom. The minimum Gasteiger partial charge on any atom is -0.373 e. The number of aryl methyl sites for hydroxylation is 1. The average molecular weight is 276 g/mol. The van der Waals surface area contributed by atoms with Crippen LogP contribution in [0.2, 0.25) is 0 Å². The lowest BCUT2D eigenvalue weighted by molar-refractivity contribution is 0.0557. The van der Waals surface area contributed by atoms with Gasteiger partial charge in [0.05, 0.1) is 0 Å². The van der Waals surface area contributed by atoms with Gasteiger partial charge in [0.1, 0.15) is 5.82 Å². The van der Waals surface area contributed by atoms with Crippen molar-refractivity contribution in [3.8, 4) is 0 Å². The van der Waals surface area contributed by atoms with Crippen molar-refractivity contribution in [2.24, 2.45) is 0 Å². The fourth-order valence-electron chi connectivity index (χ4n) is 2.64. The summed E-state index contributed by atoms with van der Waals surface area (Å²) >= 11 is 0. The van der Waals surface area contributed by atoms with Crippen LogP contribution in [0.15, 0.2) is 12.1 Å². The van der Waals surface area contributed by atoms with Crippen molar-refractivity contribution in [3.05, 3.63) is 23.4 Å². The van der Waals surface area contributed by atoms with Gasteiger partial charge in [0.25, 0.3) is 5.91 Å². The Morgan fingerprint density at radius 2 is 2.10 bits per heavy atom. The number of amides is 1. The zero-order valence-corrected chi connectivity index (χ0v) is 12.8. The topological polar surface area (TPSA) is 57.3 Å². The van der Waals surface area contributed by atoms with Crippen LogP contribution in [0.1, 0.15) is 35.3 Å². The van der Waals surface area contributed by atoms with Gasteiger partial charge in [-0.2, -0.15) is 0 Å². The van der Waals surface area contributed by atoms with Gasteiger partial charge in [0.2, 0.25) is 0 Å². The molecule has 1 amide bonds. The van der Waals surface area contributed by atoms with Crippen molar-refractivity contribution in [2.45, 2.75) is 31.7 Å². The number of carbonyl (C=O) groups excluding carboxylic acids is 1. The standard InChI is InChI=1S/C15H24N4O/c1-11-8-12(9-13(16-2)18-11)14(20)17-10-15(19(3)4)6-5-7-15/h8-9H,5-7,10H2,1-4H3,(H,16,18)(H,17,20). The summed E-state index contributed by atoms with van der Waals surface area (Å²) in [5, 5.41) is 6.04. The van der Waals surface area contributed by atoms with Crippen molar-refractivity contribution in [1.82, 2.24) is 15.2 Å². The fraction of sp³-hybridized carbons (Fsp3) is 0.600. The second kappa shape index (κ2) is 5.79. The van der Waals surface area contributed by atoms with E-state index >= 15 is 0 Å². The van der Waals surface area contributed by atoms with Gasteiger partial charge in [-0.15, -0.1) is 0 Å². The Morgan fingerprint density at radius 3 is 2.60 bits per heavy atom. The molecule has 1 aliphatic rings. The second-order valence-electron chi connectivity index (χ2n) is 5.79. The summed E-state index contributed by atoms with van der Waals surface area (Å²) in [7, 11) is 5.97. The number of nitrogens with one attached hydrogen (secondary N) is 2. The molecule has 1 saturated carbocycles. The lowest BCUT2D eigenvalue weighted by atomic mass is 9.75. The minimum atomic E-state index is -0.0277. The van der Waals surface area contributed by atoms with Crippen molar-refractivity contribution in [2.75, 3.05) is 33.0 Å². The number of anilines is 1. The number of nitrogens with zero attached hydrogens (tertiary/aromatic N) is 2. The van der Waals surface area contributed by atoms with Crippen LogP contribution in [0.4, 0.5) is 5.82 Å².